The number of nitrogens with one attached hydrogen (secondary N) is 1. The maximum absolute atomic E-state index is 12.0. The Hall–Kier alpha value is -1.99. The zero-order valence-electron chi connectivity index (χ0n) is 16.3. The molecule has 0 aromatic carbocycles. The van der Waals surface area contributed by atoms with E-state index in [1.807, 2.05) is 0 Å². The predicted molar refractivity (Wildman–Crippen MR) is 93.5 cm³/mol. The van der Waals surface area contributed by atoms with Gasteiger partial charge in [0.15, 0.2) is 0 Å². The summed E-state index contributed by atoms with van der Waals surface area (Å²) < 4.78 is 10.3. The number of carbonyl (C=O) groups is 3. The summed E-state index contributed by atoms with van der Waals surface area (Å²) in [4.78, 5) is 36.0. The van der Waals surface area contributed by atoms with Gasteiger partial charge in [0.05, 0.1) is 0 Å². The van der Waals surface area contributed by atoms with Crippen molar-refractivity contribution in [1.82, 2.24) is 10.2 Å². The summed E-state index contributed by atoms with van der Waals surface area (Å²) in [6.07, 6.45) is 0.187. The van der Waals surface area contributed by atoms with Crippen LogP contribution in [0.3, 0.4) is 0 Å². The van der Waals surface area contributed by atoms with Crippen molar-refractivity contribution in [3.05, 3.63) is 0 Å². The van der Waals surface area contributed by atoms with Gasteiger partial charge in [0.1, 0.15) is 17.2 Å². The Labute approximate surface area is 149 Å². The molecule has 0 aromatic heterocycles. The largest absolute Gasteiger partial charge is 0.480 e. The molecular weight excluding hydrogens is 328 g/mol. The van der Waals surface area contributed by atoms with Crippen LogP contribution in [0.5, 0.6) is 0 Å². The van der Waals surface area contributed by atoms with E-state index in [4.69, 9.17) is 9.47 Å². The van der Waals surface area contributed by atoms with E-state index in [0.29, 0.717) is 19.4 Å². The highest BCUT2D eigenvalue weighted by Gasteiger charge is 2.29. The topological polar surface area (TPSA) is 105 Å². The summed E-state index contributed by atoms with van der Waals surface area (Å²) in [5.74, 6) is -1.09. The normalized spacial score (nSPS) is 12.9. The van der Waals surface area contributed by atoms with Crippen LogP contribution >= 0.6 is 0 Å². The predicted octanol–water partition coefficient (Wildman–Crippen LogP) is 3.00. The summed E-state index contributed by atoms with van der Waals surface area (Å²) in [5, 5.41) is 11.9. The van der Waals surface area contributed by atoms with Gasteiger partial charge in [0.2, 0.25) is 0 Å². The van der Waals surface area contributed by atoms with Crippen LogP contribution in [0.4, 0.5) is 9.59 Å². The molecule has 25 heavy (non-hydrogen) atoms. The molecule has 2 amide bonds. The molecule has 0 aliphatic carbocycles. The fourth-order valence-electron chi connectivity index (χ4n) is 1.91. The maximum atomic E-state index is 12.0. The van der Waals surface area contributed by atoms with Crippen LogP contribution in [-0.2, 0) is 14.3 Å². The summed E-state index contributed by atoms with van der Waals surface area (Å²) in [7, 11) is 1.41. The van der Waals surface area contributed by atoms with Gasteiger partial charge < -0.3 is 19.9 Å². The van der Waals surface area contributed by atoms with E-state index in [2.05, 4.69) is 5.32 Å². The van der Waals surface area contributed by atoms with Gasteiger partial charge in [-0.1, -0.05) is 0 Å². The van der Waals surface area contributed by atoms with Crippen molar-refractivity contribution in [3.63, 3.8) is 0 Å². The number of carboxylic acids is 1. The van der Waals surface area contributed by atoms with E-state index in [1.165, 1.54) is 7.05 Å². The van der Waals surface area contributed by atoms with E-state index < -0.39 is 35.4 Å². The molecule has 146 valence electrons. The molecule has 0 spiro atoms. The van der Waals surface area contributed by atoms with Gasteiger partial charge in [-0.15, -0.1) is 0 Å². The standard InChI is InChI=1S/C17H32N2O6/c1-16(2,3)24-14(22)18-11-9-8-10-12(13(20)21)19(7)15(23)25-17(4,5)6/h12H,8-11H2,1-7H3,(H,18,22)(H,20,21). The molecule has 0 heterocycles. The lowest BCUT2D eigenvalue weighted by Gasteiger charge is -2.28. The van der Waals surface area contributed by atoms with Crippen molar-refractivity contribution in [2.24, 2.45) is 0 Å². The summed E-state index contributed by atoms with van der Waals surface area (Å²) >= 11 is 0. The maximum Gasteiger partial charge on any atom is 0.410 e. The molecule has 1 unspecified atom stereocenters. The zero-order chi connectivity index (χ0) is 19.8. The molecule has 8 heteroatoms. The zero-order valence-corrected chi connectivity index (χ0v) is 16.3. The lowest BCUT2D eigenvalue weighted by Crippen LogP contribution is -2.44. The highest BCUT2D eigenvalue weighted by Crippen LogP contribution is 2.14. The Balaban J connectivity index is 4.31. The van der Waals surface area contributed by atoms with Crippen molar-refractivity contribution in [2.45, 2.75) is 78.0 Å². The number of hydrogen-bond acceptors (Lipinski definition) is 5. The first-order valence-electron chi connectivity index (χ1n) is 8.38. The molecule has 0 saturated heterocycles. The Kier molecular flexibility index (Phi) is 8.73. The number of carbonyl (C=O) groups excluding carboxylic acids is 2. The van der Waals surface area contributed by atoms with Crippen molar-refractivity contribution in [2.75, 3.05) is 13.6 Å². The minimum atomic E-state index is -1.09. The van der Waals surface area contributed by atoms with Crippen LogP contribution < -0.4 is 5.32 Å². The first-order valence-corrected chi connectivity index (χ1v) is 8.38. The second kappa shape index (κ2) is 9.48. The quantitative estimate of drug-likeness (QED) is 0.676. The smallest absolute Gasteiger partial charge is 0.410 e. The Morgan fingerprint density at radius 3 is 1.96 bits per heavy atom. The fraction of sp³-hybridized carbons (Fsp3) is 0.824. The lowest BCUT2D eigenvalue weighted by atomic mass is 10.1. The molecule has 0 aliphatic heterocycles. The van der Waals surface area contributed by atoms with Gasteiger partial charge in [-0.05, 0) is 60.8 Å². The van der Waals surface area contributed by atoms with E-state index >= 15 is 0 Å². The summed E-state index contributed by atoms with van der Waals surface area (Å²) in [6.45, 7) is 10.9. The third-order valence-electron chi connectivity index (χ3n) is 3.01. The minimum Gasteiger partial charge on any atom is -0.480 e. The van der Waals surface area contributed by atoms with Crippen molar-refractivity contribution < 1.29 is 29.0 Å². The first kappa shape index (κ1) is 23.0. The highest BCUT2D eigenvalue weighted by molar-refractivity contribution is 5.79. The van der Waals surface area contributed by atoms with E-state index in [0.717, 1.165) is 4.90 Å². The van der Waals surface area contributed by atoms with Gasteiger partial charge in [0.25, 0.3) is 0 Å². The minimum absolute atomic E-state index is 0.265. The molecule has 2 N–H and O–H groups in total. The Bertz CT molecular complexity index is 465. The number of carboxylic acid groups (broad SMARTS) is 1. The SMILES string of the molecule is CN(C(=O)OC(C)(C)C)C(CCCCNC(=O)OC(C)(C)C)C(=O)O. The van der Waals surface area contributed by atoms with Crippen LogP contribution in [0, 0.1) is 0 Å². The number of amides is 2. The van der Waals surface area contributed by atoms with Crippen LogP contribution in [0.25, 0.3) is 0 Å². The number of unbranched alkanes of at least 4 members (excludes halogenated alkanes) is 1. The third-order valence-corrected chi connectivity index (χ3v) is 3.01. The van der Waals surface area contributed by atoms with Crippen molar-refractivity contribution in [3.8, 4) is 0 Å². The first-order chi connectivity index (χ1) is 11.2. The number of hydrogen-bond donors (Lipinski definition) is 2. The van der Waals surface area contributed by atoms with Gasteiger partial charge in [-0.3, -0.25) is 4.90 Å². The molecule has 8 nitrogen and oxygen atoms in total. The number of rotatable bonds is 7. The Morgan fingerprint density at radius 1 is 1.00 bits per heavy atom. The second-order valence-corrected chi connectivity index (χ2v) is 7.87. The van der Waals surface area contributed by atoms with Crippen LogP contribution in [0.15, 0.2) is 0 Å². The molecule has 0 saturated carbocycles. The molecule has 0 radical (unpaired) electrons. The number of likely N-dealkylation sites (N-methyl/N-ethyl adjacent to an activating group) is 1. The average Bonchev–Trinajstić information content (AvgIpc) is 2.37. The van der Waals surface area contributed by atoms with Crippen molar-refractivity contribution in [1.29, 1.82) is 0 Å². The molecule has 0 rings (SSSR count). The number of aliphatic carboxylic acids is 1. The van der Waals surface area contributed by atoms with Crippen molar-refractivity contribution >= 4 is 18.2 Å². The van der Waals surface area contributed by atoms with E-state index in [-0.39, 0.29) is 6.42 Å². The number of nitrogens with zero attached hydrogens (tertiary/aromatic N) is 1. The highest BCUT2D eigenvalue weighted by atomic mass is 16.6. The molecule has 1 atom stereocenters. The van der Waals surface area contributed by atoms with Crippen LogP contribution in [-0.4, -0.2) is 59.0 Å². The summed E-state index contributed by atoms with van der Waals surface area (Å²) in [6, 6.07) is -0.976. The molecule has 0 aliphatic rings. The second-order valence-electron chi connectivity index (χ2n) is 7.87. The van der Waals surface area contributed by atoms with Gasteiger partial charge in [-0.2, -0.15) is 0 Å². The number of ether oxygens (including phenoxy) is 2. The molecule has 0 bridgehead atoms. The Morgan fingerprint density at radius 2 is 1.52 bits per heavy atom. The average molecular weight is 360 g/mol. The summed E-state index contributed by atoms with van der Waals surface area (Å²) in [5.41, 5.74) is -1.25. The lowest BCUT2D eigenvalue weighted by molar-refractivity contribution is -0.143. The van der Waals surface area contributed by atoms with Gasteiger partial charge >= 0.3 is 18.2 Å². The van der Waals surface area contributed by atoms with E-state index in [1.54, 1.807) is 41.5 Å². The fourth-order valence-corrected chi connectivity index (χ4v) is 1.91. The monoisotopic (exact) mass is 360 g/mol. The molecular formula is C17H32N2O6. The molecule has 0 fully saturated rings. The van der Waals surface area contributed by atoms with E-state index in [9.17, 15) is 19.5 Å². The van der Waals surface area contributed by atoms with Crippen LogP contribution in [0.1, 0.15) is 60.8 Å². The third kappa shape index (κ3) is 11.2. The number of alkyl carbamates (subject to hydrolysis) is 1. The van der Waals surface area contributed by atoms with Gasteiger partial charge in [0, 0.05) is 13.6 Å². The van der Waals surface area contributed by atoms with Gasteiger partial charge in [-0.25, -0.2) is 14.4 Å². The molecule has 0 aromatic rings. The van der Waals surface area contributed by atoms with Crippen LogP contribution in [0.2, 0.25) is 0 Å².